The summed E-state index contributed by atoms with van der Waals surface area (Å²) in [6.07, 6.45) is 0. The third-order valence-electron chi connectivity index (χ3n) is 3.60. The number of nitrogens with zero attached hydrogens (tertiary/aromatic N) is 4. The van der Waals surface area contributed by atoms with Crippen LogP contribution in [-0.2, 0) is 0 Å². The van der Waals surface area contributed by atoms with Crippen molar-refractivity contribution < 1.29 is 0 Å². The first-order valence-corrected chi connectivity index (χ1v) is 7.31. The molecule has 0 aliphatic heterocycles. The zero-order chi connectivity index (χ0) is 15.7. The number of anilines is 1. The van der Waals surface area contributed by atoms with E-state index in [1.54, 1.807) is 10.7 Å². The van der Waals surface area contributed by atoms with E-state index in [-0.39, 0.29) is 0 Å². The Bertz CT molecular complexity index is 770. The Hall–Kier alpha value is -2.69. The van der Waals surface area contributed by atoms with Gasteiger partial charge in [0, 0.05) is 11.6 Å². The number of nitrogens with two attached hydrogens (primary N) is 1. The van der Waals surface area contributed by atoms with Crippen LogP contribution >= 0.6 is 0 Å². The third-order valence-corrected chi connectivity index (χ3v) is 3.60. The molecule has 3 rings (SSSR count). The fraction of sp³-hybridized carbons (Fsp3) is 0.235. The van der Waals surface area contributed by atoms with Gasteiger partial charge in [-0.25, -0.2) is 0 Å². The van der Waals surface area contributed by atoms with Crippen molar-refractivity contribution in [3.05, 3.63) is 53.7 Å². The summed E-state index contributed by atoms with van der Waals surface area (Å²) in [5.74, 6) is 1.70. The number of aryl methyl sites for hydroxylation is 1. The van der Waals surface area contributed by atoms with Gasteiger partial charge in [-0.15, -0.1) is 10.2 Å². The minimum Gasteiger partial charge on any atom is -0.384 e. The Morgan fingerprint density at radius 1 is 1.00 bits per heavy atom. The summed E-state index contributed by atoms with van der Waals surface area (Å²) in [7, 11) is 0. The van der Waals surface area contributed by atoms with E-state index in [1.165, 1.54) is 5.56 Å². The minimum absolute atomic E-state index is 0.522. The van der Waals surface area contributed by atoms with Crippen LogP contribution in [0.5, 0.6) is 0 Å². The molecule has 0 saturated heterocycles. The molecule has 0 aliphatic rings. The van der Waals surface area contributed by atoms with E-state index in [2.05, 4.69) is 53.4 Å². The molecule has 112 valence electrons. The van der Waals surface area contributed by atoms with Gasteiger partial charge in [-0.3, -0.25) is 0 Å². The molecule has 0 unspecified atom stereocenters. The highest BCUT2D eigenvalue weighted by atomic mass is 15.4. The molecule has 5 heteroatoms. The summed E-state index contributed by atoms with van der Waals surface area (Å²) in [6.45, 7) is 6.26. The maximum absolute atomic E-state index is 5.90. The highest BCUT2D eigenvalue weighted by Crippen LogP contribution is 2.21. The van der Waals surface area contributed by atoms with Gasteiger partial charge < -0.3 is 5.73 Å². The molecular formula is C17H19N5. The summed E-state index contributed by atoms with van der Waals surface area (Å²) < 4.78 is 1.59. The predicted octanol–water partition coefficient (Wildman–Crippen LogP) is 3.34. The van der Waals surface area contributed by atoms with Crippen molar-refractivity contribution in [3.63, 3.8) is 0 Å². The molecule has 0 saturated carbocycles. The van der Waals surface area contributed by atoms with E-state index in [0.717, 1.165) is 17.0 Å². The van der Waals surface area contributed by atoms with Crippen LogP contribution in [0.25, 0.3) is 17.1 Å². The van der Waals surface area contributed by atoms with Crippen LogP contribution in [0, 0.1) is 6.92 Å². The summed E-state index contributed by atoms with van der Waals surface area (Å²) in [5.41, 5.74) is 9.95. The molecule has 22 heavy (non-hydrogen) atoms. The topological polar surface area (TPSA) is 69.6 Å². The lowest BCUT2D eigenvalue weighted by atomic mass is 10.0. The van der Waals surface area contributed by atoms with E-state index < -0.39 is 0 Å². The number of benzene rings is 1. The summed E-state index contributed by atoms with van der Waals surface area (Å²) in [4.78, 5) is 0. The number of aromatic nitrogens is 4. The first-order valence-electron chi connectivity index (χ1n) is 7.31. The van der Waals surface area contributed by atoms with Crippen LogP contribution < -0.4 is 5.73 Å². The number of hydrogen-bond donors (Lipinski definition) is 1. The number of nitrogen functional groups attached to an aromatic ring is 1. The highest BCUT2D eigenvalue weighted by molar-refractivity contribution is 5.59. The molecule has 1 aromatic carbocycles. The van der Waals surface area contributed by atoms with Crippen molar-refractivity contribution in [2.75, 3.05) is 5.73 Å². The smallest absolute Gasteiger partial charge is 0.178 e. The van der Waals surface area contributed by atoms with Gasteiger partial charge in [0.1, 0.15) is 5.82 Å². The van der Waals surface area contributed by atoms with Gasteiger partial charge in [-0.2, -0.15) is 9.78 Å². The van der Waals surface area contributed by atoms with Gasteiger partial charge in [0.2, 0.25) is 0 Å². The fourth-order valence-corrected chi connectivity index (χ4v) is 2.33. The molecule has 2 heterocycles. The van der Waals surface area contributed by atoms with Crippen LogP contribution in [0.15, 0.2) is 42.5 Å². The van der Waals surface area contributed by atoms with Crippen molar-refractivity contribution in [2.24, 2.45) is 0 Å². The van der Waals surface area contributed by atoms with Gasteiger partial charge >= 0.3 is 0 Å². The third kappa shape index (κ3) is 2.70. The molecule has 2 N–H and O–H groups in total. The van der Waals surface area contributed by atoms with Crippen LogP contribution in [0.2, 0.25) is 0 Å². The maximum Gasteiger partial charge on any atom is 0.178 e. The summed E-state index contributed by atoms with van der Waals surface area (Å²) in [6, 6.07) is 14.0. The van der Waals surface area contributed by atoms with Gasteiger partial charge in [0.25, 0.3) is 0 Å². The minimum atomic E-state index is 0.522. The largest absolute Gasteiger partial charge is 0.384 e. The zero-order valence-corrected chi connectivity index (χ0v) is 13.0. The van der Waals surface area contributed by atoms with Gasteiger partial charge in [0.05, 0.1) is 11.4 Å². The highest BCUT2D eigenvalue weighted by Gasteiger charge is 2.08. The van der Waals surface area contributed by atoms with Gasteiger partial charge in [0.15, 0.2) is 5.82 Å². The van der Waals surface area contributed by atoms with E-state index in [1.807, 2.05) is 19.1 Å². The average molecular weight is 293 g/mol. The molecule has 0 amide bonds. The lowest BCUT2D eigenvalue weighted by Crippen LogP contribution is -2.05. The molecule has 3 aromatic rings. The Kier molecular flexibility index (Phi) is 3.63. The van der Waals surface area contributed by atoms with E-state index in [9.17, 15) is 0 Å². The standard InChI is InChI=1S/C17H19N5/c1-11(2)13-4-6-14(7-5-13)15-8-9-17(20-19-15)22-16(18)10-12(3)21-22/h4-11H,18H2,1-3H3. The molecule has 0 radical (unpaired) electrons. The summed E-state index contributed by atoms with van der Waals surface area (Å²) in [5, 5.41) is 12.8. The first-order chi connectivity index (χ1) is 10.5. The van der Waals surface area contributed by atoms with Crippen molar-refractivity contribution in [1.82, 2.24) is 20.0 Å². The normalized spacial score (nSPS) is 11.1. The molecule has 0 spiro atoms. The molecule has 0 bridgehead atoms. The second kappa shape index (κ2) is 5.60. The van der Waals surface area contributed by atoms with Crippen LogP contribution in [0.3, 0.4) is 0 Å². The predicted molar refractivity (Wildman–Crippen MR) is 87.8 cm³/mol. The second-order valence-electron chi connectivity index (χ2n) is 5.68. The fourth-order valence-electron chi connectivity index (χ4n) is 2.33. The Morgan fingerprint density at radius 3 is 2.23 bits per heavy atom. The SMILES string of the molecule is Cc1cc(N)n(-c2ccc(-c3ccc(C(C)C)cc3)nn2)n1. The van der Waals surface area contributed by atoms with E-state index in [4.69, 9.17) is 5.73 Å². The molecule has 5 nitrogen and oxygen atoms in total. The lowest BCUT2D eigenvalue weighted by Gasteiger charge is -2.07. The maximum atomic E-state index is 5.90. The van der Waals surface area contributed by atoms with Gasteiger partial charge in [-0.1, -0.05) is 38.1 Å². The van der Waals surface area contributed by atoms with Crippen LogP contribution in [0.1, 0.15) is 31.0 Å². The summed E-state index contributed by atoms with van der Waals surface area (Å²) >= 11 is 0. The average Bonchev–Trinajstić information content (AvgIpc) is 2.86. The van der Waals surface area contributed by atoms with Crippen LogP contribution in [0.4, 0.5) is 5.82 Å². The molecule has 2 aromatic heterocycles. The number of hydrogen-bond acceptors (Lipinski definition) is 4. The molecule has 0 atom stereocenters. The lowest BCUT2D eigenvalue weighted by molar-refractivity contribution is 0.813. The Balaban J connectivity index is 1.89. The van der Waals surface area contributed by atoms with E-state index in [0.29, 0.717) is 17.6 Å². The van der Waals surface area contributed by atoms with Crippen molar-refractivity contribution >= 4 is 5.82 Å². The Morgan fingerprint density at radius 2 is 1.73 bits per heavy atom. The van der Waals surface area contributed by atoms with Gasteiger partial charge in [-0.05, 0) is 30.5 Å². The quantitative estimate of drug-likeness (QED) is 0.804. The molecule has 0 fully saturated rings. The monoisotopic (exact) mass is 293 g/mol. The Labute approximate surface area is 129 Å². The number of rotatable bonds is 3. The second-order valence-corrected chi connectivity index (χ2v) is 5.68. The first kappa shape index (κ1) is 14.3. The van der Waals surface area contributed by atoms with Crippen molar-refractivity contribution in [3.8, 4) is 17.1 Å². The molecule has 0 aliphatic carbocycles. The van der Waals surface area contributed by atoms with Crippen LogP contribution in [-0.4, -0.2) is 20.0 Å². The van der Waals surface area contributed by atoms with E-state index >= 15 is 0 Å². The van der Waals surface area contributed by atoms with Crippen molar-refractivity contribution in [1.29, 1.82) is 0 Å². The molecular weight excluding hydrogens is 274 g/mol. The van der Waals surface area contributed by atoms with Crippen molar-refractivity contribution in [2.45, 2.75) is 26.7 Å². The zero-order valence-electron chi connectivity index (χ0n) is 13.0.